The van der Waals surface area contributed by atoms with Gasteiger partial charge in [-0.1, -0.05) is 19.3 Å². The lowest BCUT2D eigenvalue weighted by Crippen LogP contribution is -2.58. The molecule has 6 N–H and O–H groups in total. The number of amides is 3. The second-order valence-corrected chi connectivity index (χ2v) is 9.80. The maximum absolute atomic E-state index is 13.2. The summed E-state index contributed by atoms with van der Waals surface area (Å²) in [5.41, 5.74) is 5.18. The smallest absolute Gasteiger partial charge is 0.315 e. The summed E-state index contributed by atoms with van der Waals surface area (Å²) in [7, 11) is -1.82. The summed E-state index contributed by atoms with van der Waals surface area (Å²) >= 11 is 1.59. The van der Waals surface area contributed by atoms with Gasteiger partial charge >= 0.3 is 6.03 Å². The number of rotatable bonds is 7. The number of unbranched alkanes of at least 4 members (excludes halogenated alkanes) is 2. The Morgan fingerprint density at radius 3 is 2.79 bits per heavy atom. The zero-order chi connectivity index (χ0) is 20.1. The van der Waals surface area contributed by atoms with Gasteiger partial charge in [-0.25, -0.2) is 4.79 Å². The Balaban J connectivity index is 1.59. The molecule has 3 aliphatic rings. The molecule has 3 saturated heterocycles. The zero-order valence-corrected chi connectivity index (χ0v) is 17.5. The molecule has 3 aliphatic heterocycles. The lowest BCUT2D eigenvalue weighted by atomic mass is 9.89. The van der Waals surface area contributed by atoms with Gasteiger partial charge in [0.25, 0.3) is 0 Å². The van der Waals surface area contributed by atoms with E-state index in [9.17, 15) is 14.4 Å². The van der Waals surface area contributed by atoms with Crippen molar-refractivity contribution in [3.63, 3.8) is 0 Å². The molecular formula is C17H29N4O5PS. The quantitative estimate of drug-likeness (QED) is 0.229. The molecule has 0 radical (unpaired) electrons. The van der Waals surface area contributed by atoms with E-state index in [1.54, 1.807) is 11.8 Å². The third-order valence-corrected chi connectivity index (χ3v) is 7.82. The van der Waals surface area contributed by atoms with Crippen LogP contribution in [-0.4, -0.2) is 57.8 Å². The Hall–Kier alpha value is -0.930. The normalized spacial score (nSPS) is 34.1. The first-order valence-corrected chi connectivity index (χ1v) is 12.1. The van der Waals surface area contributed by atoms with Crippen molar-refractivity contribution >= 4 is 38.0 Å². The molecule has 0 aromatic carbocycles. The van der Waals surface area contributed by atoms with Gasteiger partial charge in [0.2, 0.25) is 14.4 Å². The zero-order valence-electron chi connectivity index (χ0n) is 15.8. The Labute approximate surface area is 170 Å². The number of carbonyl (C=O) groups excluding carboxylic acids is 3. The molecule has 0 aromatic rings. The van der Waals surface area contributed by atoms with E-state index < -0.39 is 19.3 Å². The molecule has 5 atom stereocenters. The van der Waals surface area contributed by atoms with Gasteiger partial charge in [0.15, 0.2) is 5.78 Å². The number of urea groups is 1. The van der Waals surface area contributed by atoms with E-state index in [1.165, 1.54) is 0 Å². The molecule has 2 unspecified atom stereocenters. The van der Waals surface area contributed by atoms with E-state index in [0.717, 1.165) is 32.1 Å². The van der Waals surface area contributed by atoms with E-state index in [2.05, 4.69) is 16.0 Å². The third kappa shape index (κ3) is 4.97. The van der Waals surface area contributed by atoms with Crippen molar-refractivity contribution in [2.75, 3.05) is 12.4 Å². The monoisotopic (exact) mass is 432 g/mol. The van der Waals surface area contributed by atoms with Crippen LogP contribution in [0.5, 0.6) is 0 Å². The van der Waals surface area contributed by atoms with E-state index in [-0.39, 0.29) is 29.8 Å². The highest BCUT2D eigenvalue weighted by atomic mass is 32.2. The van der Waals surface area contributed by atoms with Crippen molar-refractivity contribution in [1.29, 1.82) is 0 Å². The van der Waals surface area contributed by atoms with Gasteiger partial charge in [-0.15, -0.1) is 11.8 Å². The highest BCUT2D eigenvalue weighted by molar-refractivity contribution is 8.01. The van der Waals surface area contributed by atoms with Crippen molar-refractivity contribution in [2.45, 2.75) is 74.2 Å². The summed E-state index contributed by atoms with van der Waals surface area (Å²) in [6, 6.07) is -0.989. The summed E-state index contributed by atoms with van der Waals surface area (Å²) in [6.07, 6.45) is 5.61. The van der Waals surface area contributed by atoms with Crippen molar-refractivity contribution < 1.29 is 23.8 Å². The lowest BCUT2D eigenvalue weighted by Gasteiger charge is -2.33. The first kappa shape index (κ1) is 21.8. The highest BCUT2D eigenvalue weighted by Gasteiger charge is 2.58. The third-order valence-electron chi connectivity index (χ3n) is 5.69. The molecule has 3 rings (SSSR count). The van der Waals surface area contributed by atoms with Gasteiger partial charge in [-0.05, 0) is 25.7 Å². The van der Waals surface area contributed by atoms with Gasteiger partial charge in [0, 0.05) is 12.2 Å². The molecule has 9 nitrogen and oxygen atoms in total. The first-order valence-electron chi connectivity index (χ1n) is 9.83. The summed E-state index contributed by atoms with van der Waals surface area (Å²) < 4.78 is 4.25. The van der Waals surface area contributed by atoms with Crippen LogP contribution in [-0.2, 0) is 14.1 Å². The minimum absolute atomic E-state index is 0.0438. The summed E-state index contributed by atoms with van der Waals surface area (Å²) in [5.74, 6) is 0.645. The molecule has 11 heteroatoms. The van der Waals surface area contributed by atoms with E-state index in [4.69, 9.17) is 14.9 Å². The number of thioether (sulfide) groups is 1. The van der Waals surface area contributed by atoms with Crippen LogP contribution in [0.15, 0.2) is 0 Å². The van der Waals surface area contributed by atoms with Crippen LogP contribution in [0, 0.1) is 0 Å². The second-order valence-electron chi connectivity index (χ2n) is 7.59. The molecule has 0 bridgehead atoms. The number of hydrogen-bond donors (Lipinski definition) is 5. The number of hydrogen-bond acceptors (Lipinski definition) is 7. The number of fused-ring (bicyclic) bond motifs is 2. The van der Waals surface area contributed by atoms with E-state index >= 15 is 0 Å². The Morgan fingerprint density at radius 1 is 1.18 bits per heavy atom. The molecule has 1 spiro atoms. The Kier molecular flexibility index (Phi) is 7.55. The molecule has 158 valence electrons. The maximum Gasteiger partial charge on any atom is 0.315 e. The molecule has 3 heterocycles. The molecule has 28 heavy (non-hydrogen) atoms. The van der Waals surface area contributed by atoms with Crippen LogP contribution in [0.1, 0.15) is 51.4 Å². The van der Waals surface area contributed by atoms with E-state index in [1.807, 2.05) is 0 Å². The molecule has 0 aliphatic carbocycles. The van der Waals surface area contributed by atoms with Crippen LogP contribution in [0.25, 0.3) is 0 Å². The van der Waals surface area contributed by atoms with E-state index in [0.29, 0.717) is 31.6 Å². The van der Waals surface area contributed by atoms with Gasteiger partial charge in [-0.2, -0.15) is 0 Å². The van der Waals surface area contributed by atoms with Gasteiger partial charge in [0.1, 0.15) is 4.75 Å². The molecule has 0 saturated carbocycles. The number of carbonyl (C=O) groups is 3. The number of nitrogens with two attached hydrogens (primary N) is 1. The number of ketones is 1. The van der Waals surface area contributed by atoms with Crippen LogP contribution >= 0.6 is 20.3 Å². The molecule has 3 amide bonds. The number of nitrogens with one attached hydrogen (secondary N) is 3. The van der Waals surface area contributed by atoms with Gasteiger partial charge in [-0.3, -0.25) is 15.1 Å². The highest BCUT2D eigenvalue weighted by Crippen LogP contribution is 2.44. The minimum Gasteiger partial charge on any atom is -0.345 e. The summed E-state index contributed by atoms with van der Waals surface area (Å²) in [5, 5.41) is 8.81. The van der Waals surface area contributed by atoms with Crippen LogP contribution in [0.4, 0.5) is 4.79 Å². The SMILES string of the molecule is NP(O)OCCCCCC1NC(=O)[C@@]2(CCCCC1=O)SC[C@@H]1NC(=O)N[C@@H]12. The average Bonchev–Trinajstić information content (AvgIpc) is 3.18. The standard InChI is InChI=1S/C17H29N4O5PS/c18-27(25)26-9-5-1-2-6-11-13(22)7-3-4-8-17(15(23)19-11)14-12(10-28-17)20-16(24)21-14/h11-12,14,25H,1-10,18H2,(H,19,23)(H2,20,21,24)/t11?,12-,14-,17-,27?/m0/s1. The maximum atomic E-state index is 13.2. The summed E-state index contributed by atoms with van der Waals surface area (Å²) in [4.78, 5) is 46.5. The van der Waals surface area contributed by atoms with Gasteiger partial charge in [0.05, 0.1) is 24.7 Å². The van der Waals surface area contributed by atoms with Crippen LogP contribution in [0.2, 0.25) is 0 Å². The number of Topliss-reactive ketones (excluding diaryl/α,β-unsaturated/α-hetero) is 1. The fraction of sp³-hybridized carbons (Fsp3) is 0.824. The van der Waals surface area contributed by atoms with Crippen molar-refractivity contribution in [3.05, 3.63) is 0 Å². The van der Waals surface area contributed by atoms with Crippen LogP contribution < -0.4 is 21.5 Å². The van der Waals surface area contributed by atoms with Crippen LogP contribution in [0.3, 0.4) is 0 Å². The summed E-state index contributed by atoms with van der Waals surface area (Å²) in [6.45, 7) is 0.388. The second kappa shape index (κ2) is 9.71. The predicted octanol–water partition coefficient (Wildman–Crippen LogP) is 0.905. The first-order chi connectivity index (χ1) is 13.4. The van der Waals surface area contributed by atoms with Gasteiger partial charge < -0.3 is 25.4 Å². The van der Waals surface area contributed by atoms with Crippen molar-refractivity contribution in [3.8, 4) is 0 Å². The molecule has 0 aromatic heterocycles. The predicted molar refractivity (Wildman–Crippen MR) is 108 cm³/mol. The fourth-order valence-electron chi connectivity index (χ4n) is 4.23. The molecule has 3 fully saturated rings. The van der Waals surface area contributed by atoms with Crippen molar-refractivity contribution in [1.82, 2.24) is 16.0 Å². The topological polar surface area (TPSA) is 143 Å². The van der Waals surface area contributed by atoms with Crippen molar-refractivity contribution in [2.24, 2.45) is 5.50 Å². The average molecular weight is 432 g/mol. The Bertz CT molecular complexity index is 610. The largest absolute Gasteiger partial charge is 0.345 e. The minimum atomic E-state index is -1.82. The fourth-order valence-corrected chi connectivity index (χ4v) is 6.18. The Morgan fingerprint density at radius 2 is 2.00 bits per heavy atom. The lowest BCUT2D eigenvalue weighted by molar-refractivity contribution is -0.129. The molecular weight excluding hydrogens is 403 g/mol.